The number of ether oxygens (including phenoxy) is 1. The van der Waals surface area contributed by atoms with Crippen LogP contribution in [-0.4, -0.2) is 24.3 Å². The quantitative estimate of drug-likeness (QED) is 0.459. The molecule has 58 valence electrons. The Hall–Kier alpha value is -0.830. The number of aliphatic hydroxyl groups excluding tert-OH is 1. The van der Waals surface area contributed by atoms with E-state index in [1.54, 1.807) is 0 Å². The van der Waals surface area contributed by atoms with Gasteiger partial charge in [-0.3, -0.25) is 4.79 Å². The molecule has 0 bridgehead atoms. The molecule has 0 aromatic carbocycles. The zero-order valence-corrected chi connectivity index (χ0v) is 6.20. The number of esters is 1. The van der Waals surface area contributed by atoms with E-state index in [9.17, 15) is 4.79 Å². The Morgan fingerprint density at radius 2 is 2.30 bits per heavy atom. The van der Waals surface area contributed by atoms with Gasteiger partial charge < -0.3 is 9.84 Å². The molecule has 0 unspecified atom stereocenters. The maximum atomic E-state index is 10.7. The first-order valence-electron chi connectivity index (χ1n) is 3.02. The normalized spacial score (nSPS) is 15.5. The van der Waals surface area contributed by atoms with Crippen molar-refractivity contribution in [1.29, 1.82) is 0 Å². The molecule has 0 aliphatic rings. The van der Waals surface area contributed by atoms with Crippen molar-refractivity contribution >= 4 is 5.97 Å². The largest absolute Gasteiger partial charge is 0.468 e. The van der Waals surface area contributed by atoms with Gasteiger partial charge in [-0.2, -0.15) is 0 Å². The molecule has 0 aromatic rings. The van der Waals surface area contributed by atoms with Crippen LogP contribution in [0, 0.1) is 5.92 Å². The molecule has 3 nitrogen and oxygen atoms in total. The van der Waals surface area contributed by atoms with Crippen LogP contribution in [0.25, 0.3) is 0 Å². The Morgan fingerprint density at radius 3 is 2.40 bits per heavy atom. The summed E-state index contributed by atoms with van der Waals surface area (Å²) < 4.78 is 4.39. The van der Waals surface area contributed by atoms with Crippen LogP contribution in [0.4, 0.5) is 0 Å². The topological polar surface area (TPSA) is 46.5 Å². The second kappa shape index (κ2) is 4.06. The van der Waals surface area contributed by atoms with Gasteiger partial charge in [0, 0.05) is 0 Å². The minimum atomic E-state index is -0.732. The van der Waals surface area contributed by atoms with Gasteiger partial charge in [-0.25, -0.2) is 0 Å². The fourth-order valence-corrected chi connectivity index (χ4v) is 0.626. The van der Waals surface area contributed by atoms with Crippen molar-refractivity contribution in [2.24, 2.45) is 5.92 Å². The van der Waals surface area contributed by atoms with E-state index in [2.05, 4.69) is 11.3 Å². The van der Waals surface area contributed by atoms with Crippen molar-refractivity contribution < 1.29 is 14.6 Å². The fraction of sp³-hybridized carbons (Fsp3) is 0.571. The first-order chi connectivity index (χ1) is 4.63. The van der Waals surface area contributed by atoms with Gasteiger partial charge in [0.05, 0.1) is 13.2 Å². The lowest BCUT2D eigenvalue weighted by Gasteiger charge is -2.11. The van der Waals surface area contributed by atoms with Crippen LogP contribution in [-0.2, 0) is 9.53 Å². The predicted octanol–water partition coefficient (Wildman–Crippen LogP) is 0.342. The molecular weight excluding hydrogens is 132 g/mol. The Balaban J connectivity index is 4.06. The molecule has 0 aliphatic heterocycles. The third-order valence-corrected chi connectivity index (χ3v) is 1.25. The molecule has 0 aliphatic carbocycles. The summed E-state index contributed by atoms with van der Waals surface area (Å²) in [5, 5.41) is 8.94. The molecule has 0 aromatic heterocycles. The second-order valence-electron chi connectivity index (χ2n) is 2.03. The highest BCUT2D eigenvalue weighted by Crippen LogP contribution is 2.05. The maximum Gasteiger partial charge on any atom is 0.315 e. The Morgan fingerprint density at radius 1 is 1.80 bits per heavy atom. The van der Waals surface area contributed by atoms with Gasteiger partial charge in [-0.1, -0.05) is 6.08 Å². The summed E-state index contributed by atoms with van der Waals surface area (Å²) >= 11 is 0. The summed E-state index contributed by atoms with van der Waals surface area (Å²) in [5.74, 6) is -1.06. The van der Waals surface area contributed by atoms with E-state index in [1.807, 2.05) is 0 Å². The van der Waals surface area contributed by atoms with Crippen LogP contribution >= 0.6 is 0 Å². The summed E-state index contributed by atoms with van der Waals surface area (Å²) in [5.41, 5.74) is 0. The number of hydrogen-bond donors (Lipinski definition) is 1. The molecule has 10 heavy (non-hydrogen) atoms. The molecule has 1 N–H and O–H groups in total. The van der Waals surface area contributed by atoms with E-state index in [-0.39, 0.29) is 0 Å². The van der Waals surface area contributed by atoms with E-state index >= 15 is 0 Å². The van der Waals surface area contributed by atoms with Crippen LogP contribution in [0.2, 0.25) is 0 Å². The molecule has 0 heterocycles. The first-order valence-corrected chi connectivity index (χ1v) is 3.02. The van der Waals surface area contributed by atoms with Gasteiger partial charge in [0.25, 0.3) is 0 Å². The lowest BCUT2D eigenvalue weighted by atomic mass is 10.1. The smallest absolute Gasteiger partial charge is 0.315 e. The van der Waals surface area contributed by atoms with E-state index in [0.29, 0.717) is 0 Å². The van der Waals surface area contributed by atoms with Crippen LogP contribution < -0.4 is 0 Å². The maximum absolute atomic E-state index is 10.7. The summed E-state index contributed by atoms with van der Waals surface area (Å²) in [6, 6.07) is 0. The highest BCUT2D eigenvalue weighted by molar-refractivity contribution is 5.74. The highest BCUT2D eigenvalue weighted by atomic mass is 16.5. The standard InChI is InChI=1S/C7H12O3/c1-4-6(5(2)8)7(9)10-3/h4-6,8H,1H2,2-3H3/t5-,6+/m1/s1. The van der Waals surface area contributed by atoms with Crippen molar-refractivity contribution in [2.75, 3.05) is 7.11 Å². The number of methoxy groups -OCH3 is 1. The molecular formula is C7H12O3. The molecule has 0 rings (SSSR count). The zero-order valence-electron chi connectivity index (χ0n) is 6.20. The van der Waals surface area contributed by atoms with Crippen LogP contribution in [0.15, 0.2) is 12.7 Å². The van der Waals surface area contributed by atoms with Crippen LogP contribution in [0.3, 0.4) is 0 Å². The molecule has 0 fully saturated rings. The number of hydrogen-bond acceptors (Lipinski definition) is 3. The van der Waals surface area contributed by atoms with E-state index in [0.717, 1.165) is 0 Å². The van der Waals surface area contributed by atoms with E-state index < -0.39 is 18.0 Å². The first kappa shape index (κ1) is 9.17. The number of aliphatic hydroxyl groups is 1. The molecule has 0 amide bonds. The minimum absolute atomic E-state index is 0.454. The monoisotopic (exact) mass is 144 g/mol. The zero-order chi connectivity index (χ0) is 8.15. The van der Waals surface area contributed by atoms with Crippen LogP contribution in [0.5, 0.6) is 0 Å². The highest BCUT2D eigenvalue weighted by Gasteiger charge is 2.19. The van der Waals surface area contributed by atoms with Gasteiger partial charge in [0.1, 0.15) is 5.92 Å². The average molecular weight is 144 g/mol. The van der Waals surface area contributed by atoms with Gasteiger partial charge in [0.2, 0.25) is 0 Å². The summed E-state index contributed by atoms with van der Waals surface area (Å²) in [6.07, 6.45) is 0.640. The molecule has 0 radical (unpaired) electrons. The van der Waals surface area contributed by atoms with Crippen molar-refractivity contribution in [3.63, 3.8) is 0 Å². The van der Waals surface area contributed by atoms with Gasteiger partial charge in [-0.05, 0) is 6.92 Å². The predicted molar refractivity (Wildman–Crippen MR) is 37.4 cm³/mol. The van der Waals surface area contributed by atoms with Crippen molar-refractivity contribution in [3.05, 3.63) is 12.7 Å². The third kappa shape index (κ3) is 2.19. The lowest BCUT2D eigenvalue weighted by Crippen LogP contribution is -2.24. The Labute approximate surface area is 60.3 Å². The molecule has 3 heteroatoms. The molecule has 0 saturated heterocycles. The summed E-state index contributed by atoms with van der Waals surface area (Å²) in [4.78, 5) is 10.7. The Bertz CT molecular complexity index is 129. The van der Waals surface area contributed by atoms with E-state index in [4.69, 9.17) is 5.11 Å². The van der Waals surface area contributed by atoms with Gasteiger partial charge in [-0.15, -0.1) is 6.58 Å². The number of rotatable bonds is 3. The lowest BCUT2D eigenvalue weighted by molar-refractivity contribution is -0.146. The molecule has 0 spiro atoms. The van der Waals surface area contributed by atoms with Crippen molar-refractivity contribution in [1.82, 2.24) is 0 Å². The second-order valence-corrected chi connectivity index (χ2v) is 2.03. The number of carbonyl (C=O) groups is 1. The third-order valence-electron chi connectivity index (χ3n) is 1.25. The average Bonchev–Trinajstić information content (AvgIpc) is 1.88. The molecule has 2 atom stereocenters. The SMILES string of the molecule is C=C[C@H](C(=O)OC)[C@@H](C)O. The summed E-state index contributed by atoms with van der Waals surface area (Å²) in [7, 11) is 1.28. The van der Waals surface area contributed by atoms with Crippen LogP contribution in [0.1, 0.15) is 6.92 Å². The summed E-state index contributed by atoms with van der Waals surface area (Å²) in [6.45, 7) is 4.91. The van der Waals surface area contributed by atoms with E-state index in [1.165, 1.54) is 20.1 Å². The Kier molecular flexibility index (Phi) is 3.72. The number of carbonyl (C=O) groups excluding carboxylic acids is 1. The van der Waals surface area contributed by atoms with Crippen molar-refractivity contribution in [2.45, 2.75) is 13.0 Å². The minimum Gasteiger partial charge on any atom is -0.468 e. The fourth-order valence-electron chi connectivity index (χ4n) is 0.626. The van der Waals surface area contributed by atoms with Crippen molar-refractivity contribution in [3.8, 4) is 0 Å². The van der Waals surface area contributed by atoms with Gasteiger partial charge >= 0.3 is 5.97 Å². The van der Waals surface area contributed by atoms with Gasteiger partial charge in [0.15, 0.2) is 0 Å². The molecule has 0 saturated carbocycles.